The van der Waals surface area contributed by atoms with Crippen LogP contribution in [-0.4, -0.2) is 49.9 Å². The highest BCUT2D eigenvalue weighted by Crippen LogP contribution is 2.17. The highest BCUT2D eigenvalue weighted by molar-refractivity contribution is 6.01. The molecule has 1 aromatic rings. The largest absolute Gasteiger partial charge is 0.497 e. The molecule has 1 amide bonds. The molecule has 1 aliphatic heterocycles. The number of Topliss-reactive ketones (excluding diaryl/α,β-unsaturated/α-hetero) is 1. The summed E-state index contributed by atoms with van der Waals surface area (Å²) in [6, 6.07) is 7.54. The van der Waals surface area contributed by atoms with E-state index in [0.717, 1.165) is 11.3 Å². The number of hydrogen-bond acceptors (Lipinski definition) is 5. The van der Waals surface area contributed by atoms with Crippen molar-refractivity contribution >= 4 is 17.7 Å². The van der Waals surface area contributed by atoms with Crippen molar-refractivity contribution in [1.82, 2.24) is 4.90 Å². The maximum atomic E-state index is 12.2. The first-order valence-corrected chi connectivity index (χ1v) is 7.56. The van der Waals surface area contributed by atoms with Gasteiger partial charge in [-0.15, -0.1) is 0 Å². The van der Waals surface area contributed by atoms with Gasteiger partial charge in [0.2, 0.25) is 5.91 Å². The van der Waals surface area contributed by atoms with Gasteiger partial charge in [-0.2, -0.15) is 0 Å². The SMILES string of the molecule is COC(=O)C1CCN(C(=O)CCc2ccc(OC)cc2)CC1=O. The third-order valence-corrected chi connectivity index (χ3v) is 4.05. The summed E-state index contributed by atoms with van der Waals surface area (Å²) >= 11 is 0. The molecule has 0 aliphatic carbocycles. The number of carbonyl (C=O) groups excluding carboxylic acids is 3. The van der Waals surface area contributed by atoms with Crippen LogP contribution in [0.25, 0.3) is 0 Å². The number of likely N-dealkylation sites (tertiary alicyclic amines) is 1. The van der Waals surface area contributed by atoms with Crippen LogP contribution in [0, 0.1) is 5.92 Å². The van der Waals surface area contributed by atoms with Gasteiger partial charge in [0.25, 0.3) is 0 Å². The molecule has 0 N–H and O–H groups in total. The Kier molecular flexibility index (Phi) is 5.73. The summed E-state index contributed by atoms with van der Waals surface area (Å²) in [5.41, 5.74) is 1.04. The Hall–Kier alpha value is -2.37. The van der Waals surface area contributed by atoms with Crippen LogP contribution >= 0.6 is 0 Å². The van der Waals surface area contributed by atoms with Crippen LogP contribution in [0.2, 0.25) is 0 Å². The second kappa shape index (κ2) is 7.76. The fraction of sp³-hybridized carbons (Fsp3) is 0.471. The molecule has 1 aliphatic rings. The second-order valence-corrected chi connectivity index (χ2v) is 5.49. The molecule has 1 atom stereocenters. The number of esters is 1. The van der Waals surface area contributed by atoms with Crippen molar-refractivity contribution in [3.05, 3.63) is 29.8 Å². The quantitative estimate of drug-likeness (QED) is 0.603. The number of methoxy groups -OCH3 is 2. The van der Waals surface area contributed by atoms with Gasteiger partial charge < -0.3 is 14.4 Å². The van der Waals surface area contributed by atoms with E-state index in [9.17, 15) is 14.4 Å². The molecular weight excluding hydrogens is 298 g/mol. The molecule has 0 bridgehead atoms. The zero-order valence-corrected chi connectivity index (χ0v) is 13.4. The van der Waals surface area contributed by atoms with E-state index in [4.69, 9.17) is 4.74 Å². The van der Waals surface area contributed by atoms with E-state index in [1.165, 1.54) is 12.0 Å². The fourth-order valence-corrected chi connectivity index (χ4v) is 2.63. The van der Waals surface area contributed by atoms with Gasteiger partial charge in [0, 0.05) is 13.0 Å². The van der Waals surface area contributed by atoms with Gasteiger partial charge in [-0.05, 0) is 30.5 Å². The van der Waals surface area contributed by atoms with Crippen LogP contribution in [-0.2, 0) is 25.5 Å². The normalized spacial score (nSPS) is 17.7. The number of ether oxygens (including phenoxy) is 2. The minimum Gasteiger partial charge on any atom is -0.497 e. The molecule has 0 aromatic heterocycles. The van der Waals surface area contributed by atoms with E-state index in [-0.39, 0.29) is 18.2 Å². The van der Waals surface area contributed by atoms with Gasteiger partial charge in [-0.25, -0.2) is 0 Å². The topological polar surface area (TPSA) is 72.9 Å². The Morgan fingerprint density at radius 2 is 1.91 bits per heavy atom. The van der Waals surface area contributed by atoms with Crippen LogP contribution < -0.4 is 4.74 Å². The van der Waals surface area contributed by atoms with Gasteiger partial charge in [0.1, 0.15) is 11.7 Å². The zero-order chi connectivity index (χ0) is 16.8. The van der Waals surface area contributed by atoms with E-state index in [2.05, 4.69) is 4.74 Å². The zero-order valence-electron chi connectivity index (χ0n) is 13.4. The molecule has 2 rings (SSSR count). The van der Waals surface area contributed by atoms with Crippen molar-refractivity contribution < 1.29 is 23.9 Å². The lowest BCUT2D eigenvalue weighted by atomic mass is 9.95. The van der Waals surface area contributed by atoms with Gasteiger partial charge in [-0.1, -0.05) is 12.1 Å². The second-order valence-electron chi connectivity index (χ2n) is 5.49. The molecule has 1 heterocycles. The third-order valence-electron chi connectivity index (χ3n) is 4.05. The maximum absolute atomic E-state index is 12.2. The molecule has 23 heavy (non-hydrogen) atoms. The summed E-state index contributed by atoms with van der Waals surface area (Å²) in [6.07, 6.45) is 1.27. The molecule has 0 radical (unpaired) electrons. The lowest BCUT2D eigenvalue weighted by molar-refractivity contribution is -0.154. The van der Waals surface area contributed by atoms with Crippen LogP contribution in [0.15, 0.2) is 24.3 Å². The van der Waals surface area contributed by atoms with Crippen molar-refractivity contribution in [3.8, 4) is 5.75 Å². The Morgan fingerprint density at radius 3 is 2.48 bits per heavy atom. The van der Waals surface area contributed by atoms with Gasteiger partial charge in [-0.3, -0.25) is 14.4 Å². The van der Waals surface area contributed by atoms with E-state index in [1.54, 1.807) is 7.11 Å². The number of aryl methyl sites for hydroxylation is 1. The summed E-state index contributed by atoms with van der Waals surface area (Å²) in [6.45, 7) is 0.397. The number of amides is 1. The molecule has 0 saturated carbocycles. The van der Waals surface area contributed by atoms with E-state index >= 15 is 0 Å². The first-order chi connectivity index (χ1) is 11.0. The lowest BCUT2D eigenvalue weighted by Gasteiger charge is -2.29. The summed E-state index contributed by atoms with van der Waals surface area (Å²) in [4.78, 5) is 37.1. The monoisotopic (exact) mass is 319 g/mol. The lowest BCUT2D eigenvalue weighted by Crippen LogP contribution is -2.46. The first-order valence-electron chi connectivity index (χ1n) is 7.56. The van der Waals surface area contributed by atoms with Crippen molar-refractivity contribution in [2.75, 3.05) is 27.3 Å². The first kappa shape index (κ1) is 17.0. The fourth-order valence-electron chi connectivity index (χ4n) is 2.63. The maximum Gasteiger partial charge on any atom is 0.316 e. The van der Waals surface area contributed by atoms with Crippen molar-refractivity contribution in [1.29, 1.82) is 0 Å². The third kappa shape index (κ3) is 4.31. The molecule has 6 nitrogen and oxygen atoms in total. The molecule has 1 unspecified atom stereocenters. The van der Waals surface area contributed by atoms with Crippen LogP contribution in [0.4, 0.5) is 0 Å². The molecule has 1 aromatic carbocycles. The summed E-state index contributed by atoms with van der Waals surface area (Å²) < 4.78 is 9.70. The average molecular weight is 319 g/mol. The minimum absolute atomic E-state index is 0.0127. The van der Waals surface area contributed by atoms with E-state index < -0.39 is 11.9 Å². The van der Waals surface area contributed by atoms with Crippen LogP contribution in [0.3, 0.4) is 0 Å². The number of ketones is 1. The Labute approximate surface area is 135 Å². The molecule has 1 saturated heterocycles. The molecule has 6 heteroatoms. The van der Waals surface area contributed by atoms with Crippen molar-refractivity contribution in [2.24, 2.45) is 5.92 Å². The molecule has 124 valence electrons. The van der Waals surface area contributed by atoms with Crippen LogP contribution in [0.5, 0.6) is 5.75 Å². The standard InChI is InChI=1S/C17H21NO5/c1-22-13-6-3-12(4-7-13)5-8-16(20)18-10-9-14(15(19)11-18)17(21)23-2/h3-4,6-7,14H,5,8-11H2,1-2H3. The number of rotatable bonds is 5. The van der Waals surface area contributed by atoms with Crippen molar-refractivity contribution in [2.45, 2.75) is 19.3 Å². The highest BCUT2D eigenvalue weighted by Gasteiger charge is 2.34. The Balaban J connectivity index is 1.84. The Bertz CT molecular complexity index is 581. The number of carbonyl (C=O) groups is 3. The highest BCUT2D eigenvalue weighted by atomic mass is 16.5. The predicted molar refractivity (Wildman–Crippen MR) is 83.0 cm³/mol. The van der Waals surface area contributed by atoms with Gasteiger partial charge in [0.05, 0.1) is 20.8 Å². The molecular formula is C17H21NO5. The average Bonchev–Trinajstić information content (AvgIpc) is 2.59. The number of piperidine rings is 1. The summed E-state index contributed by atoms with van der Waals surface area (Å²) in [5, 5.41) is 0. The van der Waals surface area contributed by atoms with Crippen molar-refractivity contribution in [3.63, 3.8) is 0 Å². The van der Waals surface area contributed by atoms with E-state index in [1.807, 2.05) is 24.3 Å². The summed E-state index contributed by atoms with van der Waals surface area (Å²) in [7, 11) is 2.87. The summed E-state index contributed by atoms with van der Waals surface area (Å²) in [5.74, 6) is -0.792. The van der Waals surface area contributed by atoms with E-state index in [0.29, 0.717) is 25.8 Å². The van der Waals surface area contributed by atoms with Gasteiger partial charge in [0.15, 0.2) is 5.78 Å². The van der Waals surface area contributed by atoms with Gasteiger partial charge >= 0.3 is 5.97 Å². The smallest absolute Gasteiger partial charge is 0.316 e. The van der Waals surface area contributed by atoms with Crippen LogP contribution in [0.1, 0.15) is 18.4 Å². The number of hydrogen-bond donors (Lipinski definition) is 0. The number of nitrogens with zero attached hydrogens (tertiary/aromatic N) is 1. The molecule has 0 spiro atoms. The Morgan fingerprint density at radius 1 is 1.22 bits per heavy atom. The molecule has 1 fully saturated rings. The minimum atomic E-state index is -0.731. The number of benzene rings is 1. The predicted octanol–water partition coefficient (Wildman–Crippen LogP) is 1.22.